The maximum Gasteiger partial charge on any atom is 0.419 e. The number of hydrogen-bond donors (Lipinski definition) is 0. The minimum Gasteiger partial charge on any atom is -0.342 e. The molecule has 1 aromatic heterocycles. The highest BCUT2D eigenvalue weighted by atomic mass is 19.4. The fourth-order valence-electron chi connectivity index (χ4n) is 1.18. The Kier molecular flexibility index (Phi) is 2.37. The Hall–Kier alpha value is -1.92. The predicted molar refractivity (Wildman–Crippen MR) is 44.7 cm³/mol. The van der Waals surface area contributed by atoms with Crippen LogP contribution in [-0.2, 0) is 6.18 Å². The van der Waals surface area contributed by atoms with Gasteiger partial charge in [-0.1, -0.05) is 5.16 Å². The monoisotopic (exact) mass is 232 g/mol. The van der Waals surface area contributed by atoms with E-state index in [0.29, 0.717) is 12.1 Å². The molecule has 0 aliphatic heterocycles. The SMILES string of the molecule is Fc1ccc(-c2ncon2)cc1C(F)(F)F. The lowest BCUT2D eigenvalue weighted by Crippen LogP contribution is -2.08. The zero-order valence-corrected chi connectivity index (χ0v) is 7.62. The molecule has 0 atom stereocenters. The molecule has 0 unspecified atom stereocenters. The van der Waals surface area contributed by atoms with Crippen molar-refractivity contribution in [3.05, 3.63) is 36.0 Å². The molecule has 0 saturated carbocycles. The lowest BCUT2D eigenvalue weighted by molar-refractivity contribution is -0.139. The van der Waals surface area contributed by atoms with Crippen molar-refractivity contribution in [1.82, 2.24) is 10.1 Å². The van der Waals surface area contributed by atoms with E-state index in [1.165, 1.54) is 0 Å². The molecular weight excluding hydrogens is 228 g/mol. The van der Waals surface area contributed by atoms with Gasteiger partial charge in [0, 0.05) is 5.56 Å². The average Bonchev–Trinajstić information content (AvgIpc) is 2.69. The molecule has 0 aliphatic rings. The highest BCUT2D eigenvalue weighted by Crippen LogP contribution is 2.33. The Bertz CT molecular complexity index is 493. The molecule has 0 radical (unpaired) electrons. The van der Waals surface area contributed by atoms with Crippen LogP contribution in [0, 0.1) is 5.82 Å². The van der Waals surface area contributed by atoms with Crippen LogP contribution in [0.25, 0.3) is 11.4 Å². The van der Waals surface area contributed by atoms with Crippen molar-refractivity contribution >= 4 is 0 Å². The molecule has 1 heterocycles. The molecule has 2 rings (SSSR count). The standard InChI is InChI=1S/C9H4F4N2O/c10-7-2-1-5(8-14-4-16-15-8)3-6(7)9(11,12)13/h1-4H. The molecular formula is C9H4F4N2O. The van der Waals surface area contributed by atoms with Crippen LogP contribution in [0.5, 0.6) is 0 Å². The number of halogens is 4. The van der Waals surface area contributed by atoms with E-state index >= 15 is 0 Å². The van der Waals surface area contributed by atoms with Gasteiger partial charge in [0.15, 0.2) is 0 Å². The largest absolute Gasteiger partial charge is 0.419 e. The Morgan fingerprint density at radius 3 is 2.50 bits per heavy atom. The fraction of sp³-hybridized carbons (Fsp3) is 0.111. The summed E-state index contributed by atoms with van der Waals surface area (Å²) in [6.07, 6.45) is -3.77. The van der Waals surface area contributed by atoms with E-state index in [1.807, 2.05) is 0 Å². The second-order valence-electron chi connectivity index (χ2n) is 2.95. The normalized spacial score (nSPS) is 11.8. The van der Waals surface area contributed by atoms with Gasteiger partial charge in [0.05, 0.1) is 5.56 Å². The van der Waals surface area contributed by atoms with E-state index in [9.17, 15) is 17.6 Å². The zero-order chi connectivity index (χ0) is 11.8. The summed E-state index contributed by atoms with van der Waals surface area (Å²) in [5, 5.41) is 3.36. The first kappa shape index (κ1) is 10.6. The Balaban J connectivity index is 2.52. The molecule has 0 N–H and O–H groups in total. The van der Waals surface area contributed by atoms with E-state index in [0.717, 1.165) is 12.5 Å². The molecule has 0 saturated heterocycles. The van der Waals surface area contributed by atoms with Crippen molar-refractivity contribution in [3.8, 4) is 11.4 Å². The van der Waals surface area contributed by atoms with Gasteiger partial charge in [0.2, 0.25) is 12.2 Å². The van der Waals surface area contributed by atoms with Gasteiger partial charge in [-0.25, -0.2) is 4.39 Å². The lowest BCUT2D eigenvalue weighted by Gasteiger charge is -2.08. The van der Waals surface area contributed by atoms with Crippen molar-refractivity contribution in [1.29, 1.82) is 0 Å². The summed E-state index contributed by atoms with van der Waals surface area (Å²) in [6.45, 7) is 0. The van der Waals surface area contributed by atoms with Gasteiger partial charge >= 0.3 is 6.18 Å². The number of aromatic nitrogens is 2. The summed E-state index contributed by atoms with van der Waals surface area (Å²) in [5.41, 5.74) is -1.31. The van der Waals surface area contributed by atoms with Gasteiger partial charge < -0.3 is 4.52 Å². The van der Waals surface area contributed by atoms with Crippen molar-refractivity contribution in [2.45, 2.75) is 6.18 Å². The summed E-state index contributed by atoms with van der Waals surface area (Å²) in [7, 11) is 0. The van der Waals surface area contributed by atoms with Gasteiger partial charge in [-0.05, 0) is 18.2 Å². The van der Waals surface area contributed by atoms with Gasteiger partial charge in [0.1, 0.15) is 5.82 Å². The highest BCUT2D eigenvalue weighted by Gasteiger charge is 2.34. The number of hydrogen-bond acceptors (Lipinski definition) is 3. The Labute approximate surface area is 86.7 Å². The van der Waals surface area contributed by atoms with Crippen LogP contribution >= 0.6 is 0 Å². The lowest BCUT2D eigenvalue weighted by atomic mass is 10.1. The minimum atomic E-state index is -4.75. The van der Waals surface area contributed by atoms with E-state index in [4.69, 9.17) is 0 Å². The van der Waals surface area contributed by atoms with Crippen molar-refractivity contribution in [3.63, 3.8) is 0 Å². The minimum absolute atomic E-state index is 0.0227. The van der Waals surface area contributed by atoms with Crippen LogP contribution in [-0.4, -0.2) is 10.1 Å². The van der Waals surface area contributed by atoms with E-state index in [-0.39, 0.29) is 11.4 Å². The molecule has 7 heteroatoms. The predicted octanol–water partition coefficient (Wildman–Crippen LogP) is 2.89. The summed E-state index contributed by atoms with van der Waals surface area (Å²) in [6, 6.07) is 2.50. The topological polar surface area (TPSA) is 38.9 Å². The fourth-order valence-corrected chi connectivity index (χ4v) is 1.18. The van der Waals surface area contributed by atoms with Gasteiger partial charge in [-0.2, -0.15) is 18.2 Å². The van der Waals surface area contributed by atoms with Crippen molar-refractivity contribution < 1.29 is 22.1 Å². The molecule has 16 heavy (non-hydrogen) atoms. The smallest absolute Gasteiger partial charge is 0.342 e. The summed E-state index contributed by atoms with van der Waals surface area (Å²) in [4.78, 5) is 3.57. The Morgan fingerprint density at radius 2 is 1.94 bits per heavy atom. The summed E-state index contributed by atoms with van der Waals surface area (Å²) >= 11 is 0. The number of alkyl halides is 3. The number of nitrogens with zero attached hydrogens (tertiary/aromatic N) is 2. The van der Waals surface area contributed by atoms with Gasteiger partial charge in [-0.3, -0.25) is 0 Å². The summed E-state index contributed by atoms with van der Waals surface area (Å²) in [5.74, 6) is -1.36. The molecule has 0 amide bonds. The van der Waals surface area contributed by atoms with Crippen molar-refractivity contribution in [2.24, 2.45) is 0 Å². The molecule has 0 fully saturated rings. The van der Waals surface area contributed by atoms with Crippen LogP contribution in [0.2, 0.25) is 0 Å². The highest BCUT2D eigenvalue weighted by molar-refractivity contribution is 5.55. The van der Waals surface area contributed by atoms with Gasteiger partial charge in [0.25, 0.3) is 0 Å². The van der Waals surface area contributed by atoms with E-state index in [1.54, 1.807) is 0 Å². The quantitative estimate of drug-likeness (QED) is 0.709. The first-order chi connectivity index (χ1) is 7.48. The van der Waals surface area contributed by atoms with Crippen LogP contribution in [0.15, 0.2) is 29.1 Å². The molecule has 0 bridgehead atoms. The van der Waals surface area contributed by atoms with Crippen LogP contribution in [0.1, 0.15) is 5.56 Å². The van der Waals surface area contributed by atoms with Crippen LogP contribution in [0.3, 0.4) is 0 Å². The van der Waals surface area contributed by atoms with Crippen LogP contribution in [0.4, 0.5) is 17.6 Å². The molecule has 0 aliphatic carbocycles. The first-order valence-electron chi connectivity index (χ1n) is 4.12. The molecule has 2 aromatic rings. The molecule has 1 aromatic carbocycles. The van der Waals surface area contributed by atoms with Crippen LogP contribution < -0.4 is 0 Å². The zero-order valence-electron chi connectivity index (χ0n) is 7.62. The molecule has 84 valence electrons. The number of rotatable bonds is 1. The summed E-state index contributed by atoms with van der Waals surface area (Å²) < 4.78 is 54.4. The van der Waals surface area contributed by atoms with E-state index in [2.05, 4.69) is 14.7 Å². The average molecular weight is 232 g/mol. The number of benzene rings is 1. The maximum absolute atomic E-state index is 12.9. The third kappa shape index (κ3) is 1.88. The second kappa shape index (κ2) is 3.58. The first-order valence-corrected chi connectivity index (χ1v) is 4.12. The van der Waals surface area contributed by atoms with E-state index < -0.39 is 17.6 Å². The van der Waals surface area contributed by atoms with Gasteiger partial charge in [-0.15, -0.1) is 0 Å². The maximum atomic E-state index is 12.9. The third-order valence-corrected chi connectivity index (χ3v) is 1.89. The molecule has 0 spiro atoms. The Morgan fingerprint density at radius 1 is 1.19 bits per heavy atom. The van der Waals surface area contributed by atoms with Crippen molar-refractivity contribution in [2.75, 3.05) is 0 Å². The molecule has 3 nitrogen and oxygen atoms in total. The third-order valence-electron chi connectivity index (χ3n) is 1.89. The second-order valence-corrected chi connectivity index (χ2v) is 2.95.